The molecule has 2 rings (SSSR count). The molecule has 0 aliphatic heterocycles. The molecule has 0 bridgehead atoms. The highest BCUT2D eigenvalue weighted by Crippen LogP contribution is 2.38. The number of carbonyl (C=O) groups is 1. The third-order valence-electron chi connectivity index (χ3n) is 3.36. The van der Waals surface area contributed by atoms with E-state index in [0.29, 0.717) is 5.56 Å². The van der Waals surface area contributed by atoms with Gasteiger partial charge >= 0.3 is 6.18 Å². The first-order chi connectivity index (χ1) is 9.88. The van der Waals surface area contributed by atoms with E-state index in [1.807, 2.05) is 6.92 Å². The molecule has 0 saturated heterocycles. The molecule has 0 amide bonds. The van der Waals surface area contributed by atoms with Crippen molar-refractivity contribution in [3.05, 3.63) is 71.3 Å². The summed E-state index contributed by atoms with van der Waals surface area (Å²) in [5, 5.41) is 0. The summed E-state index contributed by atoms with van der Waals surface area (Å²) in [6.45, 7) is 1.86. The van der Waals surface area contributed by atoms with E-state index in [9.17, 15) is 18.0 Å². The van der Waals surface area contributed by atoms with Crippen LogP contribution in [0.25, 0.3) is 0 Å². The van der Waals surface area contributed by atoms with E-state index in [1.54, 1.807) is 42.5 Å². The molecule has 0 aliphatic rings. The number of Topliss-reactive ketones (excluding diaryl/α,β-unsaturated/α-hetero) is 1. The Balaban J connectivity index is 2.24. The number of carbonyl (C=O) groups excluding carboxylic acids is 1. The highest BCUT2D eigenvalue weighted by atomic mass is 19.4. The second kappa shape index (κ2) is 6.12. The molecule has 1 atom stereocenters. The van der Waals surface area contributed by atoms with Crippen molar-refractivity contribution in [3.63, 3.8) is 0 Å². The van der Waals surface area contributed by atoms with E-state index >= 15 is 0 Å². The first-order valence-electron chi connectivity index (χ1n) is 6.59. The fraction of sp³-hybridized carbons (Fsp3) is 0.235. The number of halogens is 3. The molecule has 21 heavy (non-hydrogen) atoms. The molecule has 2 aromatic carbocycles. The molecule has 110 valence electrons. The molecular formula is C17H15F3O. The minimum Gasteiger partial charge on any atom is -0.294 e. The number of hydrogen-bond acceptors (Lipinski definition) is 1. The topological polar surface area (TPSA) is 17.1 Å². The van der Waals surface area contributed by atoms with Gasteiger partial charge in [-0.05, 0) is 12.5 Å². The number of rotatable bonds is 4. The van der Waals surface area contributed by atoms with Crippen molar-refractivity contribution in [2.45, 2.75) is 25.4 Å². The lowest BCUT2D eigenvalue weighted by atomic mass is 9.91. The van der Waals surface area contributed by atoms with Crippen LogP contribution in [-0.2, 0) is 0 Å². The third-order valence-corrected chi connectivity index (χ3v) is 3.36. The summed E-state index contributed by atoms with van der Waals surface area (Å²) in [6, 6.07) is 14.1. The molecule has 0 spiro atoms. The van der Waals surface area contributed by atoms with Gasteiger partial charge in [0.05, 0.1) is 5.92 Å². The van der Waals surface area contributed by atoms with Crippen molar-refractivity contribution in [1.82, 2.24) is 0 Å². The maximum absolute atomic E-state index is 13.2. The van der Waals surface area contributed by atoms with E-state index in [0.717, 1.165) is 5.56 Å². The predicted octanol–water partition coefficient (Wildman–Crippen LogP) is 4.91. The van der Waals surface area contributed by atoms with Crippen LogP contribution in [0.4, 0.5) is 13.2 Å². The van der Waals surface area contributed by atoms with Crippen LogP contribution in [0.5, 0.6) is 0 Å². The summed E-state index contributed by atoms with van der Waals surface area (Å²) in [5.74, 6) is -2.27. The van der Waals surface area contributed by atoms with Gasteiger partial charge in [-0.25, -0.2) is 0 Å². The zero-order chi connectivity index (χ0) is 15.5. The Morgan fingerprint density at radius 3 is 2.10 bits per heavy atom. The molecule has 2 aromatic rings. The van der Waals surface area contributed by atoms with Gasteiger partial charge in [-0.3, -0.25) is 4.79 Å². The molecule has 0 radical (unpaired) electrons. The average Bonchev–Trinajstić information content (AvgIpc) is 2.45. The van der Waals surface area contributed by atoms with Crippen molar-refractivity contribution >= 4 is 5.78 Å². The highest BCUT2D eigenvalue weighted by molar-refractivity contribution is 5.96. The average molecular weight is 292 g/mol. The number of hydrogen-bond donors (Lipinski definition) is 0. The van der Waals surface area contributed by atoms with Gasteiger partial charge in [0.15, 0.2) is 5.78 Å². The van der Waals surface area contributed by atoms with Gasteiger partial charge in [0, 0.05) is 12.0 Å². The van der Waals surface area contributed by atoms with Crippen LogP contribution >= 0.6 is 0 Å². The first-order valence-corrected chi connectivity index (χ1v) is 6.59. The Morgan fingerprint density at radius 1 is 1.00 bits per heavy atom. The SMILES string of the molecule is Cc1ccc(C(=O)C[C@@H](c2ccccc2)C(F)(F)F)cc1. The van der Waals surface area contributed by atoms with E-state index in [2.05, 4.69) is 0 Å². The van der Waals surface area contributed by atoms with Crippen molar-refractivity contribution in [2.24, 2.45) is 0 Å². The summed E-state index contributed by atoms with van der Waals surface area (Å²) in [5.41, 5.74) is 1.39. The first kappa shape index (κ1) is 15.3. The van der Waals surface area contributed by atoms with Gasteiger partial charge < -0.3 is 0 Å². The summed E-state index contributed by atoms with van der Waals surface area (Å²) >= 11 is 0. The molecule has 0 aromatic heterocycles. The van der Waals surface area contributed by atoms with Gasteiger partial charge in [-0.1, -0.05) is 60.2 Å². The number of alkyl halides is 3. The molecule has 0 saturated carbocycles. The maximum Gasteiger partial charge on any atom is 0.396 e. The van der Waals surface area contributed by atoms with Gasteiger partial charge in [-0.15, -0.1) is 0 Å². The standard InChI is InChI=1S/C17H15F3O/c1-12-7-9-14(10-8-12)16(21)11-15(17(18,19)20)13-5-3-2-4-6-13/h2-10,15H,11H2,1H3/t15-/m0/s1. The van der Waals surface area contributed by atoms with E-state index in [4.69, 9.17) is 0 Å². The van der Waals surface area contributed by atoms with Crippen molar-refractivity contribution in [1.29, 1.82) is 0 Å². The molecule has 1 nitrogen and oxygen atoms in total. The molecule has 0 aliphatic carbocycles. The molecule has 0 heterocycles. The highest BCUT2D eigenvalue weighted by Gasteiger charge is 2.41. The van der Waals surface area contributed by atoms with Gasteiger partial charge in [0.25, 0.3) is 0 Å². The van der Waals surface area contributed by atoms with Crippen LogP contribution in [-0.4, -0.2) is 12.0 Å². The summed E-state index contributed by atoms with van der Waals surface area (Å²) in [4.78, 5) is 12.1. The smallest absolute Gasteiger partial charge is 0.294 e. The van der Waals surface area contributed by atoms with Gasteiger partial charge in [-0.2, -0.15) is 13.2 Å². The van der Waals surface area contributed by atoms with Crippen LogP contribution in [0, 0.1) is 6.92 Å². The Kier molecular flexibility index (Phi) is 4.46. The summed E-state index contributed by atoms with van der Waals surface area (Å²) in [6.07, 6.45) is -5.02. The predicted molar refractivity (Wildman–Crippen MR) is 75.4 cm³/mol. The third kappa shape index (κ3) is 3.94. The second-order valence-corrected chi connectivity index (χ2v) is 5.00. The van der Waals surface area contributed by atoms with E-state index < -0.39 is 24.3 Å². The van der Waals surface area contributed by atoms with Crippen molar-refractivity contribution in [3.8, 4) is 0 Å². The normalized spacial score (nSPS) is 13.0. The molecule has 0 N–H and O–H groups in total. The minimum atomic E-state index is -4.44. The van der Waals surface area contributed by atoms with Crippen LogP contribution in [0.15, 0.2) is 54.6 Å². The fourth-order valence-electron chi connectivity index (χ4n) is 2.15. The van der Waals surface area contributed by atoms with Crippen molar-refractivity contribution < 1.29 is 18.0 Å². The number of benzene rings is 2. The second-order valence-electron chi connectivity index (χ2n) is 5.00. The van der Waals surface area contributed by atoms with Crippen LogP contribution < -0.4 is 0 Å². The summed E-state index contributed by atoms with van der Waals surface area (Å²) < 4.78 is 39.6. The Morgan fingerprint density at radius 2 is 1.57 bits per heavy atom. The Bertz CT molecular complexity index is 600. The van der Waals surface area contributed by atoms with Gasteiger partial charge in [0.2, 0.25) is 0 Å². The lowest BCUT2D eigenvalue weighted by molar-refractivity contribution is -0.149. The van der Waals surface area contributed by atoms with Crippen LogP contribution in [0.1, 0.15) is 33.8 Å². The molecular weight excluding hydrogens is 277 g/mol. The molecule has 0 fully saturated rings. The minimum absolute atomic E-state index is 0.116. The zero-order valence-electron chi connectivity index (χ0n) is 11.5. The van der Waals surface area contributed by atoms with E-state index in [-0.39, 0.29) is 5.56 Å². The number of aryl methyl sites for hydroxylation is 1. The maximum atomic E-state index is 13.2. The van der Waals surface area contributed by atoms with Crippen molar-refractivity contribution in [2.75, 3.05) is 0 Å². The Labute approximate surface area is 121 Å². The van der Waals surface area contributed by atoms with E-state index in [1.165, 1.54) is 12.1 Å². The monoisotopic (exact) mass is 292 g/mol. The molecule has 4 heteroatoms. The van der Waals surface area contributed by atoms with Gasteiger partial charge in [0.1, 0.15) is 0 Å². The number of ketones is 1. The quantitative estimate of drug-likeness (QED) is 0.731. The fourth-order valence-corrected chi connectivity index (χ4v) is 2.15. The Hall–Kier alpha value is -2.10. The van der Waals surface area contributed by atoms with Crippen LogP contribution in [0.2, 0.25) is 0 Å². The molecule has 0 unspecified atom stereocenters. The largest absolute Gasteiger partial charge is 0.396 e. The zero-order valence-corrected chi connectivity index (χ0v) is 11.5. The lowest BCUT2D eigenvalue weighted by Crippen LogP contribution is -2.23. The van der Waals surface area contributed by atoms with Crippen LogP contribution in [0.3, 0.4) is 0 Å². The lowest BCUT2D eigenvalue weighted by Gasteiger charge is -2.20. The summed E-state index contributed by atoms with van der Waals surface area (Å²) in [7, 11) is 0.